The zero-order valence-electron chi connectivity index (χ0n) is 7.03. The first-order valence-corrected chi connectivity index (χ1v) is 4.28. The second-order valence-electron chi connectivity index (χ2n) is 2.52. The van der Waals surface area contributed by atoms with Gasteiger partial charge in [-0.1, -0.05) is 19.3 Å². The first-order chi connectivity index (χ1) is 5.00. The van der Waals surface area contributed by atoms with Gasteiger partial charge in [0.05, 0.1) is 0 Å². The van der Waals surface area contributed by atoms with Crippen LogP contribution in [0, 0.1) is 0 Å². The molecule has 1 aliphatic heterocycles. The van der Waals surface area contributed by atoms with Gasteiger partial charge < -0.3 is 11.1 Å². The van der Waals surface area contributed by atoms with Crippen LogP contribution in [-0.2, 0) is 0 Å². The van der Waals surface area contributed by atoms with Crippen molar-refractivity contribution in [2.75, 3.05) is 20.1 Å². The molecule has 1 heterocycles. The molecule has 10 heavy (non-hydrogen) atoms. The van der Waals surface area contributed by atoms with Crippen molar-refractivity contribution in [2.45, 2.75) is 32.1 Å². The molecule has 1 rings (SSSR count). The summed E-state index contributed by atoms with van der Waals surface area (Å²) in [5.74, 6) is 0. The Kier molecular flexibility index (Phi) is 8.85. The van der Waals surface area contributed by atoms with Gasteiger partial charge in [-0.25, -0.2) is 0 Å². The predicted molar refractivity (Wildman–Crippen MR) is 46.1 cm³/mol. The Morgan fingerprint density at radius 2 is 1.20 bits per heavy atom. The van der Waals surface area contributed by atoms with Gasteiger partial charge in [-0.3, -0.25) is 0 Å². The maximum Gasteiger partial charge on any atom is -0.00489 e. The Balaban J connectivity index is 0.000000371. The molecule has 0 bridgehead atoms. The highest BCUT2D eigenvalue weighted by molar-refractivity contribution is 4.54. The molecule has 1 aliphatic rings. The van der Waals surface area contributed by atoms with E-state index >= 15 is 0 Å². The molecule has 0 aromatic carbocycles. The van der Waals surface area contributed by atoms with Crippen LogP contribution in [-0.4, -0.2) is 20.1 Å². The minimum atomic E-state index is 1.25. The fourth-order valence-electron chi connectivity index (χ4n) is 1.16. The molecule has 0 radical (unpaired) electrons. The number of rotatable bonds is 0. The van der Waals surface area contributed by atoms with E-state index in [-0.39, 0.29) is 0 Å². The van der Waals surface area contributed by atoms with E-state index in [1.54, 1.807) is 0 Å². The van der Waals surface area contributed by atoms with Crippen molar-refractivity contribution in [3.05, 3.63) is 0 Å². The zero-order valence-corrected chi connectivity index (χ0v) is 7.03. The molecule has 3 N–H and O–H groups in total. The van der Waals surface area contributed by atoms with Crippen molar-refractivity contribution in [1.29, 1.82) is 0 Å². The van der Waals surface area contributed by atoms with Crippen LogP contribution >= 0.6 is 0 Å². The third kappa shape index (κ3) is 6.05. The topological polar surface area (TPSA) is 38.0 Å². The van der Waals surface area contributed by atoms with Crippen LogP contribution < -0.4 is 11.1 Å². The highest BCUT2D eigenvalue weighted by atomic mass is 14.8. The van der Waals surface area contributed by atoms with Crippen LogP contribution in [0.2, 0.25) is 0 Å². The summed E-state index contributed by atoms with van der Waals surface area (Å²) in [5.41, 5.74) is 4.50. The largest absolute Gasteiger partial charge is 0.333 e. The SMILES string of the molecule is C1CCCNCCC1.CN. The predicted octanol–water partition coefficient (Wildman–Crippen LogP) is 1.11. The van der Waals surface area contributed by atoms with E-state index in [1.165, 1.54) is 52.2 Å². The molecule has 1 fully saturated rings. The molecule has 0 unspecified atom stereocenters. The fourth-order valence-corrected chi connectivity index (χ4v) is 1.16. The Morgan fingerprint density at radius 1 is 0.800 bits per heavy atom. The van der Waals surface area contributed by atoms with Gasteiger partial charge in [0.25, 0.3) is 0 Å². The number of nitrogens with two attached hydrogens (primary N) is 1. The van der Waals surface area contributed by atoms with Crippen LogP contribution in [0.15, 0.2) is 0 Å². The first-order valence-electron chi connectivity index (χ1n) is 4.28. The summed E-state index contributed by atoms with van der Waals surface area (Å²) in [5, 5.41) is 3.39. The van der Waals surface area contributed by atoms with E-state index < -0.39 is 0 Å². The monoisotopic (exact) mass is 144 g/mol. The second-order valence-corrected chi connectivity index (χ2v) is 2.52. The molecule has 1 saturated heterocycles. The Hall–Kier alpha value is -0.0800. The average Bonchev–Trinajstić information content (AvgIpc) is 1.90. The molecule has 0 aliphatic carbocycles. The van der Waals surface area contributed by atoms with Gasteiger partial charge in [0.2, 0.25) is 0 Å². The van der Waals surface area contributed by atoms with Crippen LogP contribution in [0.1, 0.15) is 32.1 Å². The van der Waals surface area contributed by atoms with E-state index in [0.29, 0.717) is 0 Å². The highest BCUT2D eigenvalue weighted by Crippen LogP contribution is 2.03. The Labute approximate surface area is 64.2 Å². The maximum atomic E-state index is 4.50. The minimum Gasteiger partial charge on any atom is -0.333 e. The average molecular weight is 144 g/mol. The number of hydrogen-bond acceptors (Lipinski definition) is 2. The summed E-state index contributed by atoms with van der Waals surface area (Å²) in [7, 11) is 1.50. The van der Waals surface area contributed by atoms with E-state index in [4.69, 9.17) is 0 Å². The molecule has 0 spiro atoms. The fraction of sp³-hybridized carbons (Fsp3) is 1.00. The van der Waals surface area contributed by atoms with Crippen molar-refractivity contribution >= 4 is 0 Å². The third-order valence-electron chi connectivity index (χ3n) is 1.71. The van der Waals surface area contributed by atoms with Crippen LogP contribution in [0.4, 0.5) is 0 Å². The van der Waals surface area contributed by atoms with Crippen LogP contribution in [0.5, 0.6) is 0 Å². The van der Waals surface area contributed by atoms with Gasteiger partial charge >= 0.3 is 0 Å². The lowest BCUT2D eigenvalue weighted by molar-refractivity contribution is 0.516. The number of hydrogen-bond donors (Lipinski definition) is 2. The van der Waals surface area contributed by atoms with E-state index in [9.17, 15) is 0 Å². The molecule has 0 atom stereocenters. The minimum absolute atomic E-state index is 1.25. The van der Waals surface area contributed by atoms with Crippen LogP contribution in [0.25, 0.3) is 0 Å². The standard InChI is InChI=1S/C7H15N.CH5N/c1-2-4-6-8-7-5-3-1;1-2/h8H,1-7H2;2H2,1H3. The molecule has 0 aromatic heterocycles. The van der Waals surface area contributed by atoms with Gasteiger partial charge in [0, 0.05) is 0 Å². The summed E-state index contributed by atoms with van der Waals surface area (Å²) in [6.07, 6.45) is 7.11. The quantitative estimate of drug-likeness (QED) is 0.534. The van der Waals surface area contributed by atoms with Gasteiger partial charge in [0.1, 0.15) is 0 Å². The highest BCUT2D eigenvalue weighted by Gasteiger charge is 1.94. The maximum absolute atomic E-state index is 4.50. The normalized spacial score (nSPS) is 19.8. The van der Waals surface area contributed by atoms with Crippen molar-refractivity contribution in [2.24, 2.45) is 5.73 Å². The van der Waals surface area contributed by atoms with Crippen molar-refractivity contribution in [3.8, 4) is 0 Å². The lowest BCUT2D eigenvalue weighted by Gasteiger charge is -2.08. The second kappa shape index (κ2) is 8.92. The summed E-state index contributed by atoms with van der Waals surface area (Å²) >= 11 is 0. The van der Waals surface area contributed by atoms with Crippen molar-refractivity contribution in [1.82, 2.24) is 5.32 Å². The molecule has 0 amide bonds. The van der Waals surface area contributed by atoms with Crippen molar-refractivity contribution in [3.63, 3.8) is 0 Å². The molecular formula is C8H20N2. The lowest BCUT2D eigenvalue weighted by Crippen LogP contribution is -2.18. The summed E-state index contributed by atoms with van der Waals surface area (Å²) in [4.78, 5) is 0. The van der Waals surface area contributed by atoms with E-state index in [1.807, 2.05) is 0 Å². The summed E-state index contributed by atoms with van der Waals surface area (Å²) < 4.78 is 0. The summed E-state index contributed by atoms with van der Waals surface area (Å²) in [6, 6.07) is 0. The van der Waals surface area contributed by atoms with Gasteiger partial charge in [-0.15, -0.1) is 0 Å². The van der Waals surface area contributed by atoms with Crippen molar-refractivity contribution < 1.29 is 0 Å². The van der Waals surface area contributed by atoms with Gasteiger partial charge in [0.15, 0.2) is 0 Å². The first kappa shape index (κ1) is 9.92. The molecule has 0 saturated carbocycles. The third-order valence-corrected chi connectivity index (χ3v) is 1.71. The molecule has 2 heteroatoms. The molecule has 0 aromatic rings. The Morgan fingerprint density at radius 3 is 1.70 bits per heavy atom. The molecule has 62 valence electrons. The van der Waals surface area contributed by atoms with E-state index in [2.05, 4.69) is 11.1 Å². The number of nitrogens with one attached hydrogen (secondary N) is 1. The Bertz CT molecular complexity index is 31.2. The van der Waals surface area contributed by atoms with Gasteiger partial charge in [-0.05, 0) is 33.0 Å². The zero-order chi connectivity index (χ0) is 7.66. The molecule has 2 nitrogen and oxygen atoms in total. The molecular weight excluding hydrogens is 124 g/mol. The summed E-state index contributed by atoms with van der Waals surface area (Å²) in [6.45, 7) is 2.50. The smallest absolute Gasteiger partial charge is 0.00489 e. The van der Waals surface area contributed by atoms with Gasteiger partial charge in [-0.2, -0.15) is 0 Å². The van der Waals surface area contributed by atoms with E-state index in [0.717, 1.165) is 0 Å². The lowest BCUT2D eigenvalue weighted by atomic mass is 10.1. The van der Waals surface area contributed by atoms with Crippen LogP contribution in [0.3, 0.4) is 0 Å².